The number of carbonyl (C=O) groups is 1. The fourth-order valence-electron chi connectivity index (χ4n) is 3.88. The lowest BCUT2D eigenvalue weighted by atomic mass is 9.99. The molecule has 0 radical (unpaired) electrons. The lowest BCUT2D eigenvalue weighted by Gasteiger charge is -2.15. The average molecular weight is 468 g/mol. The smallest absolute Gasteiger partial charge is 0.356 e. The zero-order valence-electron chi connectivity index (χ0n) is 17.7. The zero-order chi connectivity index (χ0) is 22.5. The topological polar surface area (TPSA) is 48.4 Å². The summed E-state index contributed by atoms with van der Waals surface area (Å²) in [5.41, 5.74) is 5.36. The van der Waals surface area contributed by atoms with Crippen LogP contribution >= 0.6 is 23.2 Å². The van der Waals surface area contributed by atoms with E-state index in [1.807, 2.05) is 36.4 Å². The number of ether oxygens (including phenoxy) is 2. The number of benzene rings is 2. The van der Waals surface area contributed by atoms with Crippen LogP contribution < -0.4 is 4.74 Å². The second kappa shape index (κ2) is 10.2. The highest BCUT2D eigenvalue weighted by molar-refractivity contribution is 6.35. The van der Waals surface area contributed by atoms with Crippen LogP contribution in [0.25, 0.3) is 11.1 Å². The molecule has 0 amide bonds. The van der Waals surface area contributed by atoms with Crippen molar-refractivity contribution in [3.05, 3.63) is 93.2 Å². The van der Waals surface area contributed by atoms with Crippen LogP contribution in [0.3, 0.4) is 0 Å². The molecule has 0 spiro atoms. The van der Waals surface area contributed by atoms with Crippen molar-refractivity contribution in [1.29, 1.82) is 0 Å². The largest absolute Gasteiger partial charge is 0.488 e. The monoisotopic (exact) mass is 467 g/mol. The lowest BCUT2D eigenvalue weighted by molar-refractivity contribution is 0.0519. The number of nitrogens with zero attached hydrogens (tertiary/aromatic N) is 1. The number of aromatic nitrogens is 1. The molecule has 0 aliphatic heterocycles. The van der Waals surface area contributed by atoms with Gasteiger partial charge < -0.3 is 9.47 Å². The van der Waals surface area contributed by atoms with E-state index < -0.39 is 5.97 Å². The Morgan fingerprint density at radius 2 is 1.81 bits per heavy atom. The first-order valence-corrected chi connectivity index (χ1v) is 11.3. The summed E-state index contributed by atoms with van der Waals surface area (Å²) < 4.78 is 11.3. The predicted molar refractivity (Wildman–Crippen MR) is 128 cm³/mol. The van der Waals surface area contributed by atoms with Crippen molar-refractivity contribution in [1.82, 2.24) is 4.98 Å². The van der Waals surface area contributed by atoms with Crippen molar-refractivity contribution >= 4 is 40.3 Å². The van der Waals surface area contributed by atoms with Crippen LogP contribution in [0, 0.1) is 0 Å². The Balaban J connectivity index is 1.65. The van der Waals surface area contributed by atoms with Crippen molar-refractivity contribution in [3.8, 4) is 5.75 Å². The van der Waals surface area contributed by atoms with Crippen molar-refractivity contribution in [2.24, 2.45) is 0 Å². The number of esters is 1. The maximum Gasteiger partial charge on any atom is 0.356 e. The third kappa shape index (κ3) is 4.98. The Labute approximate surface area is 197 Å². The van der Waals surface area contributed by atoms with Gasteiger partial charge >= 0.3 is 5.97 Å². The molecule has 164 valence electrons. The molecule has 32 heavy (non-hydrogen) atoms. The number of halogens is 2. The molecule has 0 fully saturated rings. The highest BCUT2D eigenvalue weighted by Gasteiger charge is 2.22. The Morgan fingerprint density at radius 3 is 2.62 bits per heavy atom. The van der Waals surface area contributed by atoms with Crippen LogP contribution in [0.2, 0.25) is 10.0 Å². The van der Waals surface area contributed by atoms with E-state index in [0.717, 1.165) is 47.4 Å². The molecule has 0 N–H and O–H groups in total. The van der Waals surface area contributed by atoms with Crippen molar-refractivity contribution < 1.29 is 14.3 Å². The molecule has 1 aromatic heterocycles. The number of hydrogen-bond donors (Lipinski definition) is 0. The molecule has 0 unspecified atom stereocenters. The standard InChI is InChI=1S/C26H23Cl2NO3/c1-2-31-26(30)24-11-6-10-23(29-24)20-9-5-8-19(20)21-7-3-4-12-25(21)32-16-17-13-14-18(27)15-22(17)28/h3-4,6-7,10-15H,2,5,8-9,16H2,1H3. The van der Waals surface area contributed by atoms with Crippen LogP contribution in [0.1, 0.15) is 53.5 Å². The molecule has 3 aromatic rings. The molecule has 2 aromatic carbocycles. The van der Waals surface area contributed by atoms with Gasteiger partial charge in [-0.05, 0) is 67.7 Å². The molecule has 0 saturated carbocycles. The third-order valence-corrected chi connectivity index (χ3v) is 5.96. The van der Waals surface area contributed by atoms with Crippen LogP contribution in [-0.4, -0.2) is 17.6 Å². The van der Waals surface area contributed by atoms with Gasteiger partial charge in [0.2, 0.25) is 0 Å². The number of hydrogen-bond acceptors (Lipinski definition) is 4. The quantitative estimate of drug-likeness (QED) is 0.343. The second-order valence-corrected chi connectivity index (χ2v) is 8.30. The minimum atomic E-state index is -0.405. The number of carbonyl (C=O) groups excluding carboxylic acids is 1. The van der Waals surface area contributed by atoms with Gasteiger partial charge in [-0.2, -0.15) is 0 Å². The van der Waals surface area contributed by atoms with Gasteiger partial charge in [-0.15, -0.1) is 0 Å². The Morgan fingerprint density at radius 1 is 1.00 bits per heavy atom. The van der Waals surface area contributed by atoms with E-state index in [2.05, 4.69) is 11.1 Å². The molecule has 6 heteroatoms. The molecule has 0 saturated heterocycles. The maximum atomic E-state index is 12.1. The number of para-hydroxylation sites is 1. The summed E-state index contributed by atoms with van der Waals surface area (Å²) in [7, 11) is 0. The van der Waals surface area contributed by atoms with Crippen LogP contribution in [0.5, 0.6) is 5.75 Å². The van der Waals surface area contributed by atoms with E-state index in [4.69, 9.17) is 32.7 Å². The maximum absolute atomic E-state index is 12.1. The molecule has 0 bridgehead atoms. The minimum Gasteiger partial charge on any atom is -0.488 e. The predicted octanol–water partition coefficient (Wildman–Crippen LogP) is 7.24. The van der Waals surface area contributed by atoms with E-state index in [0.29, 0.717) is 29.0 Å². The average Bonchev–Trinajstić information content (AvgIpc) is 3.29. The summed E-state index contributed by atoms with van der Waals surface area (Å²) in [5, 5.41) is 1.17. The van der Waals surface area contributed by atoms with Gasteiger partial charge in [0.1, 0.15) is 18.1 Å². The van der Waals surface area contributed by atoms with E-state index >= 15 is 0 Å². The van der Waals surface area contributed by atoms with E-state index in [1.165, 1.54) is 5.57 Å². The van der Waals surface area contributed by atoms with Crippen molar-refractivity contribution in [2.45, 2.75) is 32.8 Å². The summed E-state index contributed by atoms with van der Waals surface area (Å²) >= 11 is 12.3. The van der Waals surface area contributed by atoms with Crippen LogP contribution in [0.15, 0.2) is 60.7 Å². The highest BCUT2D eigenvalue weighted by Crippen LogP contribution is 2.42. The molecule has 1 aliphatic rings. The van der Waals surface area contributed by atoms with E-state index in [9.17, 15) is 4.79 Å². The minimum absolute atomic E-state index is 0.320. The Kier molecular flexibility index (Phi) is 7.13. The molecular weight excluding hydrogens is 445 g/mol. The zero-order valence-corrected chi connectivity index (χ0v) is 19.2. The summed E-state index contributed by atoms with van der Waals surface area (Å²) in [6, 6.07) is 18.9. The Bertz CT molecular complexity index is 1170. The van der Waals surface area contributed by atoms with Gasteiger partial charge in [-0.3, -0.25) is 0 Å². The van der Waals surface area contributed by atoms with Crippen LogP contribution in [0.4, 0.5) is 0 Å². The normalized spacial score (nSPS) is 13.3. The van der Waals surface area contributed by atoms with Gasteiger partial charge in [-0.1, -0.05) is 53.5 Å². The van der Waals surface area contributed by atoms with E-state index in [1.54, 1.807) is 25.1 Å². The first kappa shape index (κ1) is 22.4. The fourth-order valence-corrected chi connectivity index (χ4v) is 4.34. The summed E-state index contributed by atoms with van der Waals surface area (Å²) in [5.74, 6) is 0.382. The molecular formula is C26H23Cl2NO3. The van der Waals surface area contributed by atoms with Crippen LogP contribution in [-0.2, 0) is 11.3 Å². The first-order valence-electron chi connectivity index (χ1n) is 10.6. The first-order chi connectivity index (χ1) is 15.6. The highest BCUT2D eigenvalue weighted by atomic mass is 35.5. The fraction of sp³-hybridized carbons (Fsp3) is 0.231. The van der Waals surface area contributed by atoms with Gasteiger partial charge in [-0.25, -0.2) is 9.78 Å². The van der Waals surface area contributed by atoms with Gasteiger partial charge in [0.25, 0.3) is 0 Å². The number of pyridine rings is 1. The number of rotatable bonds is 7. The van der Waals surface area contributed by atoms with E-state index in [-0.39, 0.29) is 0 Å². The van der Waals surface area contributed by atoms with Crippen molar-refractivity contribution in [2.75, 3.05) is 6.61 Å². The lowest BCUT2D eigenvalue weighted by Crippen LogP contribution is -2.08. The van der Waals surface area contributed by atoms with Gasteiger partial charge in [0.15, 0.2) is 0 Å². The Hall–Kier alpha value is -2.82. The third-order valence-electron chi connectivity index (χ3n) is 5.37. The van der Waals surface area contributed by atoms with Gasteiger partial charge in [0.05, 0.1) is 12.3 Å². The molecule has 1 aliphatic carbocycles. The summed E-state index contributed by atoms with van der Waals surface area (Å²) in [6.07, 6.45) is 2.84. The number of allylic oxidation sites excluding steroid dienone is 2. The van der Waals surface area contributed by atoms with Crippen molar-refractivity contribution in [3.63, 3.8) is 0 Å². The molecule has 1 heterocycles. The summed E-state index contributed by atoms with van der Waals surface area (Å²) in [6.45, 7) is 2.45. The van der Waals surface area contributed by atoms with Gasteiger partial charge in [0, 0.05) is 21.2 Å². The molecule has 0 atom stereocenters. The summed E-state index contributed by atoms with van der Waals surface area (Å²) in [4.78, 5) is 16.7. The molecule has 4 nitrogen and oxygen atoms in total. The second-order valence-electron chi connectivity index (χ2n) is 7.46. The SMILES string of the molecule is CCOC(=O)c1cccc(C2=C(c3ccccc3OCc3ccc(Cl)cc3Cl)CCC2)n1. The molecule has 4 rings (SSSR count).